The molecule has 0 N–H and O–H groups in total. The van der Waals surface area contributed by atoms with Crippen molar-refractivity contribution < 1.29 is 26.7 Å². The van der Waals surface area contributed by atoms with Gasteiger partial charge in [0.05, 0.1) is 0 Å². The molecule has 1 aromatic rings. The van der Waals surface area contributed by atoms with Crippen LogP contribution in [-0.2, 0) is 4.79 Å². The molecule has 0 saturated heterocycles. The van der Waals surface area contributed by atoms with Gasteiger partial charge in [0, 0.05) is 12.0 Å². The smallest absolute Gasteiger partial charge is 0.200 e. The highest BCUT2D eigenvalue weighted by Crippen LogP contribution is 2.29. The minimum Gasteiger partial charge on any atom is -0.303 e. The lowest BCUT2D eigenvalue weighted by atomic mass is 9.96. The maximum absolute atomic E-state index is 13.1. The van der Waals surface area contributed by atoms with Gasteiger partial charge in [-0.2, -0.15) is 0 Å². The number of carbonyl (C=O) groups is 1. The summed E-state index contributed by atoms with van der Waals surface area (Å²) in [6.07, 6.45) is 0.0288. The third-order valence-electron chi connectivity index (χ3n) is 2.19. The number of hydrogen-bond donors (Lipinski definition) is 0. The summed E-state index contributed by atoms with van der Waals surface area (Å²) >= 11 is 0. The van der Waals surface area contributed by atoms with E-state index >= 15 is 0 Å². The number of halogens is 5. The minimum absolute atomic E-state index is 0.321. The molecule has 0 saturated carbocycles. The van der Waals surface area contributed by atoms with Crippen molar-refractivity contribution in [2.75, 3.05) is 0 Å². The van der Waals surface area contributed by atoms with Gasteiger partial charge in [0.25, 0.3) is 0 Å². The Bertz CT molecular complexity index is 401. The molecule has 1 rings (SSSR count). The lowest BCUT2D eigenvalue weighted by molar-refractivity contribution is -0.108. The van der Waals surface area contributed by atoms with E-state index in [4.69, 9.17) is 0 Å². The van der Waals surface area contributed by atoms with Crippen molar-refractivity contribution in [1.29, 1.82) is 0 Å². The van der Waals surface area contributed by atoms with Gasteiger partial charge in [-0.15, -0.1) is 0 Å². The Hall–Kier alpha value is -1.46. The largest absolute Gasteiger partial charge is 0.303 e. The summed E-state index contributed by atoms with van der Waals surface area (Å²) in [4.78, 5) is 10.1. The van der Waals surface area contributed by atoms with Crippen molar-refractivity contribution in [3.05, 3.63) is 34.6 Å². The van der Waals surface area contributed by atoms with Gasteiger partial charge in [-0.05, 0) is 5.92 Å². The van der Waals surface area contributed by atoms with Crippen molar-refractivity contribution in [2.24, 2.45) is 0 Å². The maximum atomic E-state index is 13.1. The molecule has 0 amide bonds. The van der Waals surface area contributed by atoms with Crippen molar-refractivity contribution in [2.45, 2.75) is 19.3 Å². The third-order valence-corrected chi connectivity index (χ3v) is 2.19. The van der Waals surface area contributed by atoms with Gasteiger partial charge in [0.1, 0.15) is 6.29 Å². The molecule has 0 bridgehead atoms. The Morgan fingerprint density at radius 1 is 0.938 bits per heavy atom. The van der Waals surface area contributed by atoms with E-state index in [-0.39, 0.29) is 6.42 Å². The summed E-state index contributed by atoms with van der Waals surface area (Å²) in [6.45, 7) is 1.20. The average molecular weight is 238 g/mol. The van der Waals surface area contributed by atoms with Gasteiger partial charge in [-0.25, -0.2) is 22.0 Å². The van der Waals surface area contributed by atoms with Crippen LogP contribution < -0.4 is 0 Å². The van der Waals surface area contributed by atoms with E-state index in [0.29, 0.717) is 6.29 Å². The summed E-state index contributed by atoms with van der Waals surface area (Å²) in [6, 6.07) is 0. The van der Waals surface area contributed by atoms with Gasteiger partial charge < -0.3 is 4.79 Å². The Kier molecular flexibility index (Phi) is 3.62. The predicted octanol–water partition coefficient (Wildman–Crippen LogP) is 3.07. The van der Waals surface area contributed by atoms with Crippen LogP contribution in [0, 0.1) is 29.1 Å². The van der Waals surface area contributed by atoms with E-state index in [1.54, 1.807) is 0 Å². The fourth-order valence-corrected chi connectivity index (χ4v) is 1.32. The zero-order chi connectivity index (χ0) is 12.5. The summed E-state index contributed by atoms with van der Waals surface area (Å²) in [5.74, 6) is -11.0. The van der Waals surface area contributed by atoms with Gasteiger partial charge >= 0.3 is 0 Å². The van der Waals surface area contributed by atoms with E-state index in [9.17, 15) is 26.7 Å². The lowest BCUT2D eigenvalue weighted by Gasteiger charge is -2.12. The van der Waals surface area contributed by atoms with Crippen LogP contribution in [0.5, 0.6) is 0 Å². The summed E-state index contributed by atoms with van der Waals surface area (Å²) in [5.41, 5.74) is -0.955. The number of carbonyl (C=O) groups excluding carboxylic acids is 1. The molecule has 0 spiro atoms. The maximum Gasteiger partial charge on any atom is 0.200 e. The summed E-state index contributed by atoms with van der Waals surface area (Å²) < 4.78 is 64.4. The molecule has 16 heavy (non-hydrogen) atoms. The molecule has 6 heteroatoms. The third kappa shape index (κ3) is 1.91. The second-order valence-electron chi connectivity index (χ2n) is 3.29. The highest BCUT2D eigenvalue weighted by Gasteiger charge is 2.28. The summed E-state index contributed by atoms with van der Waals surface area (Å²) in [7, 11) is 0. The molecule has 0 aliphatic carbocycles. The number of aldehydes is 1. The normalized spacial score (nSPS) is 12.6. The van der Waals surface area contributed by atoms with Crippen LogP contribution in [0.25, 0.3) is 0 Å². The number of hydrogen-bond acceptors (Lipinski definition) is 1. The van der Waals surface area contributed by atoms with Gasteiger partial charge in [0.2, 0.25) is 5.82 Å². The van der Waals surface area contributed by atoms with Gasteiger partial charge in [-0.1, -0.05) is 6.92 Å². The first-order valence-corrected chi connectivity index (χ1v) is 4.36. The molecule has 0 aliphatic heterocycles. The first-order chi connectivity index (χ1) is 7.41. The molecule has 0 aliphatic rings. The second-order valence-corrected chi connectivity index (χ2v) is 3.29. The van der Waals surface area contributed by atoms with E-state index in [1.165, 1.54) is 6.92 Å². The van der Waals surface area contributed by atoms with Crippen LogP contribution in [0.3, 0.4) is 0 Å². The van der Waals surface area contributed by atoms with Crippen LogP contribution in [0.2, 0.25) is 0 Å². The molecular formula is C10H7F5O. The fraction of sp³-hybridized carbons (Fsp3) is 0.300. The Balaban J connectivity index is 3.44. The van der Waals surface area contributed by atoms with Crippen LogP contribution in [0.4, 0.5) is 22.0 Å². The molecule has 1 atom stereocenters. The lowest BCUT2D eigenvalue weighted by Crippen LogP contribution is -2.10. The number of rotatable bonds is 3. The first kappa shape index (κ1) is 12.6. The van der Waals surface area contributed by atoms with Crippen LogP contribution in [0.1, 0.15) is 24.8 Å². The molecular weight excluding hydrogens is 231 g/mol. The van der Waals surface area contributed by atoms with Gasteiger partial charge in [-0.3, -0.25) is 0 Å². The zero-order valence-corrected chi connectivity index (χ0v) is 8.16. The molecule has 1 nitrogen and oxygen atoms in total. The minimum atomic E-state index is -2.20. The first-order valence-electron chi connectivity index (χ1n) is 4.36. The molecule has 0 heterocycles. The zero-order valence-electron chi connectivity index (χ0n) is 8.16. The van der Waals surface area contributed by atoms with Crippen molar-refractivity contribution in [3.8, 4) is 0 Å². The highest BCUT2D eigenvalue weighted by molar-refractivity contribution is 5.51. The number of benzene rings is 1. The molecule has 0 radical (unpaired) electrons. The highest BCUT2D eigenvalue weighted by atomic mass is 19.2. The van der Waals surface area contributed by atoms with Crippen molar-refractivity contribution in [1.82, 2.24) is 0 Å². The Morgan fingerprint density at radius 2 is 1.31 bits per heavy atom. The fourth-order valence-electron chi connectivity index (χ4n) is 1.32. The topological polar surface area (TPSA) is 17.1 Å². The van der Waals surface area contributed by atoms with Crippen molar-refractivity contribution in [3.63, 3.8) is 0 Å². The second kappa shape index (κ2) is 4.59. The monoisotopic (exact) mass is 238 g/mol. The van der Waals surface area contributed by atoms with E-state index in [1.807, 2.05) is 0 Å². The van der Waals surface area contributed by atoms with E-state index in [0.717, 1.165) is 0 Å². The van der Waals surface area contributed by atoms with E-state index in [2.05, 4.69) is 0 Å². The van der Waals surface area contributed by atoms with Crippen molar-refractivity contribution >= 4 is 6.29 Å². The molecule has 1 aromatic carbocycles. The molecule has 0 fully saturated rings. The van der Waals surface area contributed by atoms with Crippen LogP contribution in [-0.4, -0.2) is 6.29 Å². The molecule has 88 valence electrons. The quantitative estimate of drug-likeness (QED) is 0.342. The average Bonchev–Trinajstić information content (AvgIpc) is 2.24. The van der Waals surface area contributed by atoms with Gasteiger partial charge in [0.15, 0.2) is 23.3 Å². The SMILES string of the molecule is CC(CC=O)c1c(F)c(F)c(F)c(F)c1F. The predicted molar refractivity (Wildman–Crippen MR) is 45.3 cm³/mol. The molecule has 0 aromatic heterocycles. The Morgan fingerprint density at radius 3 is 1.69 bits per heavy atom. The summed E-state index contributed by atoms with van der Waals surface area (Å²) in [5, 5.41) is 0. The Labute approximate surface area is 87.9 Å². The van der Waals surface area contributed by atoms with Crippen LogP contribution >= 0.6 is 0 Å². The van der Waals surface area contributed by atoms with Crippen LogP contribution in [0.15, 0.2) is 0 Å². The standard InChI is InChI=1S/C10H7F5O/c1-4(2-3-16)5-6(11)8(13)10(15)9(14)7(5)12/h3-4H,2H2,1H3. The molecule has 1 unspecified atom stereocenters. The van der Waals surface area contributed by atoms with E-state index < -0.39 is 40.6 Å².